The van der Waals surface area contributed by atoms with Crippen molar-refractivity contribution in [1.82, 2.24) is 0 Å². The summed E-state index contributed by atoms with van der Waals surface area (Å²) >= 11 is 0. The molecule has 0 spiro atoms. The Bertz CT molecular complexity index is 71.3. The Balaban J connectivity index is 2.82. The van der Waals surface area contributed by atoms with Crippen molar-refractivity contribution in [2.45, 2.75) is 32.6 Å². The molecule has 9 heavy (non-hydrogen) atoms. The van der Waals surface area contributed by atoms with E-state index in [0.29, 0.717) is 0 Å². The van der Waals surface area contributed by atoms with Crippen molar-refractivity contribution in [3.8, 4) is 0 Å². The fourth-order valence-corrected chi connectivity index (χ4v) is 0.613. The first kappa shape index (κ1) is 8.47. The van der Waals surface area contributed by atoms with Gasteiger partial charge in [-0.1, -0.05) is 24.9 Å². The zero-order valence-electron chi connectivity index (χ0n) is 6.26. The highest BCUT2D eigenvalue weighted by molar-refractivity contribution is 5.55. The largest absolute Gasteiger partial charge is 0.399 e. The van der Waals surface area contributed by atoms with Crippen molar-refractivity contribution in [2.75, 3.05) is 7.11 Å². The monoisotopic (exact) mass is 129 g/mol. The van der Waals surface area contributed by atoms with Crippen LogP contribution in [0.3, 0.4) is 0 Å². The zero-order valence-corrected chi connectivity index (χ0v) is 6.26. The molecule has 0 aromatic rings. The lowest BCUT2D eigenvalue weighted by Crippen LogP contribution is -1.77. The smallest absolute Gasteiger partial charge is 0.106 e. The Morgan fingerprint density at radius 3 is 2.78 bits per heavy atom. The van der Waals surface area contributed by atoms with Crippen LogP contribution in [0.4, 0.5) is 0 Å². The third-order valence-corrected chi connectivity index (χ3v) is 1.12. The van der Waals surface area contributed by atoms with E-state index in [0.717, 1.165) is 6.42 Å². The SMILES string of the molecule is CCCCCC=NOC. The summed E-state index contributed by atoms with van der Waals surface area (Å²) in [5.74, 6) is 0. The second-order valence-corrected chi connectivity index (χ2v) is 1.97. The van der Waals surface area contributed by atoms with Crippen LogP contribution in [0, 0.1) is 0 Å². The normalized spacial score (nSPS) is 10.4. The molecule has 54 valence electrons. The average Bonchev–Trinajstić information content (AvgIpc) is 1.89. The van der Waals surface area contributed by atoms with Crippen molar-refractivity contribution in [3.05, 3.63) is 0 Å². The Labute approximate surface area is 56.9 Å². The Morgan fingerprint density at radius 2 is 2.22 bits per heavy atom. The van der Waals surface area contributed by atoms with Crippen molar-refractivity contribution in [1.29, 1.82) is 0 Å². The first-order chi connectivity index (χ1) is 4.41. The molecule has 0 aliphatic rings. The minimum Gasteiger partial charge on any atom is -0.399 e. The standard InChI is InChI=1S/C7H15NO/c1-3-4-5-6-7-8-9-2/h7H,3-6H2,1-2H3. The van der Waals surface area contributed by atoms with Crippen LogP contribution in [-0.2, 0) is 4.84 Å². The maximum atomic E-state index is 4.49. The van der Waals surface area contributed by atoms with Gasteiger partial charge >= 0.3 is 0 Å². The van der Waals surface area contributed by atoms with Crippen LogP contribution in [0.1, 0.15) is 32.6 Å². The minimum atomic E-state index is 1.04. The summed E-state index contributed by atoms with van der Waals surface area (Å²) in [4.78, 5) is 4.49. The molecule has 0 N–H and O–H groups in total. The lowest BCUT2D eigenvalue weighted by Gasteiger charge is -1.89. The molecule has 2 nitrogen and oxygen atoms in total. The van der Waals surface area contributed by atoms with E-state index in [1.54, 1.807) is 7.11 Å². The van der Waals surface area contributed by atoms with Gasteiger partial charge in [-0.2, -0.15) is 0 Å². The number of oxime groups is 1. The van der Waals surface area contributed by atoms with Gasteiger partial charge < -0.3 is 4.84 Å². The van der Waals surface area contributed by atoms with Crippen LogP contribution in [0.5, 0.6) is 0 Å². The number of unbranched alkanes of at least 4 members (excludes halogenated alkanes) is 3. The fraction of sp³-hybridized carbons (Fsp3) is 0.857. The molecular weight excluding hydrogens is 114 g/mol. The Morgan fingerprint density at radius 1 is 1.44 bits per heavy atom. The molecule has 0 aromatic heterocycles. The highest BCUT2D eigenvalue weighted by Gasteiger charge is 1.80. The molecule has 2 heteroatoms. The molecule has 0 heterocycles. The molecule has 0 amide bonds. The van der Waals surface area contributed by atoms with Crippen LogP contribution in [0.25, 0.3) is 0 Å². The van der Waals surface area contributed by atoms with E-state index in [1.165, 1.54) is 19.3 Å². The summed E-state index contributed by atoms with van der Waals surface area (Å²) in [6.07, 6.45) is 6.64. The van der Waals surface area contributed by atoms with Gasteiger partial charge in [-0.25, -0.2) is 0 Å². The van der Waals surface area contributed by atoms with Gasteiger partial charge in [-0.15, -0.1) is 0 Å². The number of hydrogen-bond acceptors (Lipinski definition) is 2. The van der Waals surface area contributed by atoms with E-state index in [4.69, 9.17) is 0 Å². The van der Waals surface area contributed by atoms with E-state index in [-0.39, 0.29) is 0 Å². The fourth-order valence-electron chi connectivity index (χ4n) is 0.613. The van der Waals surface area contributed by atoms with E-state index in [1.807, 2.05) is 6.21 Å². The predicted octanol–water partition coefficient (Wildman–Crippen LogP) is 2.20. The minimum absolute atomic E-state index is 1.04. The molecule has 0 bridgehead atoms. The molecular formula is C7H15NO. The molecule has 0 fully saturated rings. The van der Waals surface area contributed by atoms with Crippen molar-refractivity contribution in [3.63, 3.8) is 0 Å². The number of nitrogens with zero attached hydrogens (tertiary/aromatic N) is 1. The van der Waals surface area contributed by atoms with Gasteiger partial charge in [0.15, 0.2) is 0 Å². The Hall–Kier alpha value is -0.530. The van der Waals surface area contributed by atoms with Gasteiger partial charge in [0, 0.05) is 6.21 Å². The summed E-state index contributed by atoms with van der Waals surface area (Å²) in [5, 5.41) is 3.62. The molecule has 0 saturated carbocycles. The van der Waals surface area contributed by atoms with Gasteiger partial charge in [0.2, 0.25) is 0 Å². The second-order valence-electron chi connectivity index (χ2n) is 1.97. The molecule has 0 saturated heterocycles. The van der Waals surface area contributed by atoms with Crippen molar-refractivity contribution in [2.24, 2.45) is 5.16 Å². The predicted molar refractivity (Wildman–Crippen MR) is 39.6 cm³/mol. The molecule has 0 atom stereocenters. The molecule has 0 radical (unpaired) electrons. The summed E-state index contributed by atoms with van der Waals surface area (Å²) in [7, 11) is 1.57. The first-order valence-corrected chi connectivity index (χ1v) is 3.46. The first-order valence-electron chi connectivity index (χ1n) is 3.46. The quantitative estimate of drug-likeness (QED) is 0.317. The number of hydrogen-bond donors (Lipinski definition) is 0. The molecule has 0 unspecified atom stereocenters. The lowest BCUT2D eigenvalue weighted by atomic mass is 10.2. The summed E-state index contributed by atoms with van der Waals surface area (Å²) in [6, 6.07) is 0. The topological polar surface area (TPSA) is 21.6 Å². The van der Waals surface area contributed by atoms with Gasteiger partial charge in [-0.05, 0) is 12.8 Å². The van der Waals surface area contributed by atoms with E-state index < -0.39 is 0 Å². The summed E-state index contributed by atoms with van der Waals surface area (Å²) < 4.78 is 0. The summed E-state index contributed by atoms with van der Waals surface area (Å²) in [5.41, 5.74) is 0. The molecule has 0 aliphatic heterocycles. The second kappa shape index (κ2) is 7.47. The maximum absolute atomic E-state index is 4.49. The van der Waals surface area contributed by atoms with Gasteiger partial charge in [0.25, 0.3) is 0 Å². The number of rotatable bonds is 5. The highest BCUT2D eigenvalue weighted by Crippen LogP contribution is 1.95. The average molecular weight is 129 g/mol. The Kier molecular flexibility index (Phi) is 7.03. The molecule has 0 rings (SSSR count). The third kappa shape index (κ3) is 7.47. The zero-order chi connectivity index (χ0) is 6.95. The molecule has 0 aromatic carbocycles. The third-order valence-electron chi connectivity index (χ3n) is 1.12. The van der Waals surface area contributed by atoms with E-state index in [2.05, 4.69) is 16.9 Å². The van der Waals surface area contributed by atoms with Crippen LogP contribution in [0.15, 0.2) is 5.16 Å². The van der Waals surface area contributed by atoms with Gasteiger partial charge in [0.1, 0.15) is 7.11 Å². The van der Waals surface area contributed by atoms with Crippen LogP contribution in [0.2, 0.25) is 0 Å². The van der Waals surface area contributed by atoms with Gasteiger partial charge in [0.05, 0.1) is 0 Å². The lowest BCUT2D eigenvalue weighted by molar-refractivity contribution is 0.214. The maximum Gasteiger partial charge on any atom is 0.106 e. The van der Waals surface area contributed by atoms with Crippen LogP contribution < -0.4 is 0 Å². The highest BCUT2D eigenvalue weighted by atomic mass is 16.6. The van der Waals surface area contributed by atoms with Crippen LogP contribution >= 0.6 is 0 Å². The van der Waals surface area contributed by atoms with Gasteiger partial charge in [-0.3, -0.25) is 0 Å². The summed E-state index contributed by atoms with van der Waals surface area (Å²) in [6.45, 7) is 2.19. The van der Waals surface area contributed by atoms with E-state index in [9.17, 15) is 0 Å². The van der Waals surface area contributed by atoms with Crippen molar-refractivity contribution >= 4 is 6.21 Å². The van der Waals surface area contributed by atoms with Crippen LogP contribution in [-0.4, -0.2) is 13.3 Å². The van der Waals surface area contributed by atoms with Crippen molar-refractivity contribution < 1.29 is 4.84 Å². The molecule has 0 aliphatic carbocycles. The van der Waals surface area contributed by atoms with E-state index >= 15 is 0 Å².